The van der Waals surface area contributed by atoms with Crippen LogP contribution in [-0.2, 0) is 16.0 Å². The number of amides is 1. The fraction of sp³-hybridized carbons (Fsp3) is 0.692. The summed E-state index contributed by atoms with van der Waals surface area (Å²) >= 11 is 12.0. The van der Waals surface area contributed by atoms with Crippen LogP contribution in [0.2, 0.25) is 0 Å². The van der Waals surface area contributed by atoms with Crippen molar-refractivity contribution in [2.45, 2.75) is 85.5 Å². The Labute approximate surface area is 220 Å². The number of nitrogens with zero attached hydrogens (tertiary/aromatic N) is 1. The highest BCUT2D eigenvalue weighted by Gasteiger charge is 2.29. The predicted octanol–water partition coefficient (Wildman–Crippen LogP) is 6.08. The molecule has 0 aliphatic heterocycles. The van der Waals surface area contributed by atoms with E-state index in [1.54, 1.807) is 20.8 Å². The molecule has 1 rings (SSSR count). The molecule has 1 aromatic carbocycles. The van der Waals surface area contributed by atoms with Gasteiger partial charge in [0, 0.05) is 36.6 Å². The molecule has 0 fully saturated rings. The third kappa shape index (κ3) is 12.6. The molecule has 2 N–H and O–H groups in total. The number of rotatable bonds is 14. The Bertz CT molecular complexity index is 818. The average Bonchev–Trinajstić information content (AvgIpc) is 2.66. The molecule has 0 saturated carbocycles. The maximum absolute atomic E-state index is 12.3. The number of ether oxygens (including phenoxy) is 2. The lowest BCUT2D eigenvalue weighted by Crippen LogP contribution is -2.42. The zero-order valence-electron chi connectivity index (χ0n) is 22.1. The summed E-state index contributed by atoms with van der Waals surface area (Å²) < 4.78 is 11.4. The van der Waals surface area contributed by atoms with Gasteiger partial charge in [-0.25, -0.2) is 4.79 Å². The molecule has 1 amide bonds. The third-order valence-electron chi connectivity index (χ3n) is 5.09. The highest BCUT2D eigenvalue weighted by Crippen LogP contribution is 2.35. The summed E-state index contributed by atoms with van der Waals surface area (Å²) in [6.07, 6.45) is 0.236. The Morgan fingerprint density at radius 1 is 1.09 bits per heavy atom. The van der Waals surface area contributed by atoms with Crippen LogP contribution in [0, 0.1) is 5.41 Å². The van der Waals surface area contributed by atoms with Crippen LogP contribution < -0.4 is 15.0 Å². The summed E-state index contributed by atoms with van der Waals surface area (Å²) in [6, 6.07) is 5.47. The summed E-state index contributed by atoms with van der Waals surface area (Å²) in [5.41, 5.74) is 0.977. The van der Waals surface area contributed by atoms with Crippen LogP contribution in [0.4, 0.5) is 10.5 Å². The van der Waals surface area contributed by atoms with Crippen molar-refractivity contribution in [1.29, 1.82) is 0 Å². The largest absolute Gasteiger partial charge is 0.491 e. The van der Waals surface area contributed by atoms with E-state index >= 15 is 0 Å². The molecular formula is C26H42Cl2N2O5. The minimum Gasteiger partial charge on any atom is -0.491 e. The van der Waals surface area contributed by atoms with Gasteiger partial charge in [-0.15, -0.1) is 23.2 Å². The lowest BCUT2D eigenvalue weighted by atomic mass is 9.79. The molecule has 0 aliphatic rings. The van der Waals surface area contributed by atoms with Gasteiger partial charge in [-0.3, -0.25) is 4.79 Å². The van der Waals surface area contributed by atoms with E-state index in [9.17, 15) is 14.7 Å². The second-order valence-corrected chi connectivity index (χ2v) is 11.6. The van der Waals surface area contributed by atoms with Crippen LogP contribution in [0.25, 0.3) is 0 Å². The van der Waals surface area contributed by atoms with E-state index in [0.29, 0.717) is 37.7 Å². The van der Waals surface area contributed by atoms with E-state index in [0.717, 1.165) is 17.0 Å². The summed E-state index contributed by atoms with van der Waals surface area (Å²) in [5, 5.41) is 12.2. The molecule has 0 radical (unpaired) electrons. The lowest BCUT2D eigenvalue weighted by Gasteiger charge is -2.32. The molecule has 0 unspecified atom stereocenters. The molecule has 0 bridgehead atoms. The maximum atomic E-state index is 12.3. The quantitative estimate of drug-likeness (QED) is 0.282. The summed E-state index contributed by atoms with van der Waals surface area (Å²) in [6.45, 7) is 14.7. The fourth-order valence-corrected chi connectivity index (χ4v) is 4.37. The second kappa shape index (κ2) is 14.0. The number of carbonyl (C=O) groups is 2. The first-order chi connectivity index (χ1) is 16.2. The minimum absolute atomic E-state index is 0.00177. The Kier molecular flexibility index (Phi) is 12.5. The van der Waals surface area contributed by atoms with E-state index < -0.39 is 23.7 Å². The summed E-state index contributed by atoms with van der Waals surface area (Å²) in [4.78, 5) is 26.0. The average molecular weight is 534 g/mol. The van der Waals surface area contributed by atoms with E-state index in [-0.39, 0.29) is 17.9 Å². The van der Waals surface area contributed by atoms with Crippen molar-refractivity contribution in [3.05, 3.63) is 23.8 Å². The van der Waals surface area contributed by atoms with Gasteiger partial charge in [0.2, 0.25) is 0 Å². The highest BCUT2D eigenvalue weighted by molar-refractivity contribution is 6.18. The first-order valence-electron chi connectivity index (χ1n) is 12.0. The number of nitrogens with one attached hydrogen (secondary N) is 1. The van der Waals surface area contributed by atoms with Gasteiger partial charge in [-0.1, -0.05) is 13.8 Å². The van der Waals surface area contributed by atoms with Crippen molar-refractivity contribution in [1.82, 2.24) is 5.32 Å². The van der Waals surface area contributed by atoms with Crippen LogP contribution >= 0.6 is 23.2 Å². The SMILES string of the molecule is CC(C)Oc1ccc(N(CCCl)CCCl)cc1CC(C)(C)C[C@@H](CC(=O)O)NC(=O)OC(C)(C)C. The molecular weight excluding hydrogens is 491 g/mol. The Hall–Kier alpha value is -1.86. The van der Waals surface area contributed by atoms with Crippen LogP contribution in [0.15, 0.2) is 18.2 Å². The summed E-state index contributed by atoms with van der Waals surface area (Å²) in [5.74, 6) is 0.763. The minimum atomic E-state index is -0.981. The molecule has 1 atom stereocenters. The van der Waals surface area contributed by atoms with Crippen molar-refractivity contribution in [2.24, 2.45) is 5.41 Å². The van der Waals surface area contributed by atoms with Gasteiger partial charge in [-0.2, -0.15) is 0 Å². The number of benzene rings is 1. The Balaban J connectivity index is 3.19. The number of aliphatic carboxylic acids is 1. The van der Waals surface area contributed by atoms with Gasteiger partial charge in [0.25, 0.3) is 0 Å². The first-order valence-corrected chi connectivity index (χ1v) is 13.1. The lowest BCUT2D eigenvalue weighted by molar-refractivity contribution is -0.137. The number of carboxylic acid groups (broad SMARTS) is 1. The highest BCUT2D eigenvalue weighted by atomic mass is 35.5. The molecule has 0 spiro atoms. The van der Waals surface area contributed by atoms with Crippen molar-refractivity contribution in [3.8, 4) is 5.75 Å². The van der Waals surface area contributed by atoms with Gasteiger partial charge in [-0.05, 0) is 76.6 Å². The fourth-order valence-electron chi connectivity index (χ4n) is 3.96. The first kappa shape index (κ1) is 31.2. The van der Waals surface area contributed by atoms with Gasteiger partial charge in [0.05, 0.1) is 12.5 Å². The number of hydrogen-bond acceptors (Lipinski definition) is 5. The summed E-state index contributed by atoms with van der Waals surface area (Å²) in [7, 11) is 0. The maximum Gasteiger partial charge on any atom is 0.407 e. The normalized spacial score (nSPS) is 12.9. The van der Waals surface area contributed by atoms with E-state index in [4.69, 9.17) is 32.7 Å². The van der Waals surface area contributed by atoms with Gasteiger partial charge < -0.3 is 24.8 Å². The number of hydrogen-bond donors (Lipinski definition) is 2. The van der Waals surface area contributed by atoms with Crippen molar-refractivity contribution in [3.63, 3.8) is 0 Å². The molecule has 0 aliphatic carbocycles. The van der Waals surface area contributed by atoms with Crippen molar-refractivity contribution >= 4 is 41.0 Å². The molecule has 200 valence electrons. The monoisotopic (exact) mass is 532 g/mol. The number of anilines is 1. The zero-order valence-corrected chi connectivity index (χ0v) is 23.6. The molecule has 9 heteroatoms. The number of carboxylic acids is 1. The van der Waals surface area contributed by atoms with Crippen LogP contribution in [-0.4, -0.2) is 59.8 Å². The van der Waals surface area contributed by atoms with Gasteiger partial charge >= 0.3 is 12.1 Å². The molecule has 0 heterocycles. The molecule has 0 aromatic heterocycles. The predicted molar refractivity (Wildman–Crippen MR) is 143 cm³/mol. The van der Waals surface area contributed by atoms with Crippen molar-refractivity contribution in [2.75, 3.05) is 29.7 Å². The van der Waals surface area contributed by atoms with E-state index in [1.807, 2.05) is 26.0 Å². The van der Waals surface area contributed by atoms with E-state index in [1.165, 1.54) is 0 Å². The number of alkyl halides is 2. The zero-order chi connectivity index (χ0) is 26.8. The smallest absolute Gasteiger partial charge is 0.407 e. The van der Waals surface area contributed by atoms with Gasteiger partial charge in [0.15, 0.2) is 0 Å². The molecule has 35 heavy (non-hydrogen) atoms. The molecule has 1 aromatic rings. The third-order valence-corrected chi connectivity index (χ3v) is 5.43. The standard InChI is InChI=1S/C26H42Cl2N2O5/c1-18(2)34-22-9-8-21(30(12-10-27)13-11-28)14-19(22)16-26(6,7)17-20(15-23(31)32)29-24(33)35-25(3,4)5/h8-9,14,18,20H,10-13,15-17H2,1-7H3,(H,29,33)(H,31,32)/t20-/m1/s1. The van der Waals surface area contributed by atoms with Crippen LogP contribution in [0.3, 0.4) is 0 Å². The van der Waals surface area contributed by atoms with Crippen LogP contribution in [0.5, 0.6) is 5.75 Å². The molecule has 7 nitrogen and oxygen atoms in total. The Morgan fingerprint density at radius 3 is 2.17 bits per heavy atom. The van der Waals surface area contributed by atoms with E-state index in [2.05, 4.69) is 30.1 Å². The van der Waals surface area contributed by atoms with Crippen molar-refractivity contribution < 1.29 is 24.2 Å². The number of carbonyl (C=O) groups excluding carboxylic acids is 1. The number of alkyl carbamates (subject to hydrolysis) is 1. The number of halogens is 2. The molecule has 0 saturated heterocycles. The second-order valence-electron chi connectivity index (χ2n) is 10.8. The van der Waals surface area contributed by atoms with Crippen LogP contribution in [0.1, 0.15) is 66.9 Å². The Morgan fingerprint density at radius 2 is 1.69 bits per heavy atom. The van der Waals surface area contributed by atoms with Gasteiger partial charge in [0.1, 0.15) is 11.4 Å². The topological polar surface area (TPSA) is 88.1 Å².